The Kier molecular flexibility index (Phi) is 17.5. The summed E-state index contributed by atoms with van der Waals surface area (Å²) in [5.74, 6) is -2.98. The number of aliphatic carboxylic acids is 3. The van der Waals surface area contributed by atoms with Gasteiger partial charge < -0.3 is 29.7 Å². The van der Waals surface area contributed by atoms with E-state index in [-0.39, 0.29) is 17.8 Å². The molecule has 0 unspecified atom stereocenters. The molecule has 0 atom stereocenters. The van der Waals surface area contributed by atoms with E-state index in [1.807, 2.05) is 0 Å². The van der Waals surface area contributed by atoms with Crippen LogP contribution in [0, 0.1) is 17.8 Å². The van der Waals surface area contributed by atoms with E-state index in [0.717, 1.165) is 77.0 Å². The molecule has 0 aromatic rings. The standard InChI is InChI=1S/3C7H12O2.CH3.Sn/c3*8-7(9)6-4-2-1-3-5-6;;/h3*6H,1-5H2,(H,8,9);1H3;/q;;;;+3/p-3. The predicted octanol–water partition coefficient (Wildman–Crippen LogP) is 1.15. The predicted molar refractivity (Wildman–Crippen MR) is 106 cm³/mol. The Hall–Kier alpha value is -0.791. The molecule has 29 heavy (non-hydrogen) atoms. The Labute approximate surface area is 188 Å². The summed E-state index contributed by atoms with van der Waals surface area (Å²) in [5.41, 5.74) is 0. The van der Waals surface area contributed by atoms with Gasteiger partial charge in [0.15, 0.2) is 0 Å². The van der Waals surface area contributed by atoms with Crippen LogP contribution < -0.4 is 15.3 Å². The number of hydrogen-bond acceptors (Lipinski definition) is 6. The summed E-state index contributed by atoms with van der Waals surface area (Å²) < 4.78 is 0. The number of carboxylic acid groups (broad SMARTS) is 3. The van der Waals surface area contributed by atoms with E-state index in [4.69, 9.17) is 0 Å². The van der Waals surface area contributed by atoms with Crippen LogP contribution in [0.5, 0.6) is 0 Å². The van der Waals surface area contributed by atoms with E-state index in [2.05, 4.69) is 4.94 Å². The van der Waals surface area contributed by atoms with Gasteiger partial charge in [-0.25, -0.2) is 0 Å². The van der Waals surface area contributed by atoms with Gasteiger partial charge in [-0.05, 0) is 56.3 Å². The van der Waals surface area contributed by atoms with Crippen molar-refractivity contribution in [2.75, 3.05) is 0 Å². The van der Waals surface area contributed by atoms with Crippen LogP contribution in [0.3, 0.4) is 0 Å². The van der Waals surface area contributed by atoms with Gasteiger partial charge in [-0.2, -0.15) is 0 Å². The third kappa shape index (κ3) is 13.9. The maximum atomic E-state index is 10.2. The Morgan fingerprint density at radius 2 is 0.655 bits per heavy atom. The Morgan fingerprint density at radius 3 is 0.759 bits per heavy atom. The van der Waals surface area contributed by atoms with Gasteiger partial charge in [0.1, 0.15) is 0 Å². The summed E-state index contributed by atoms with van der Waals surface area (Å²) in [6, 6.07) is 0. The van der Waals surface area contributed by atoms with Gasteiger partial charge in [0.25, 0.3) is 0 Å². The van der Waals surface area contributed by atoms with Crippen LogP contribution in [0.15, 0.2) is 0 Å². The van der Waals surface area contributed by atoms with Gasteiger partial charge in [-0.3, -0.25) is 0 Å². The molecule has 0 heterocycles. The number of carbonyl (C=O) groups is 3. The molecule has 0 N–H and O–H groups in total. The van der Waals surface area contributed by atoms with Crippen molar-refractivity contribution in [1.29, 1.82) is 0 Å². The second-order valence-electron chi connectivity index (χ2n) is 7.96. The first-order valence-corrected chi connectivity index (χ1v) is 13.9. The Bertz CT molecular complexity index is 384. The first-order chi connectivity index (χ1) is 13.9. The first kappa shape index (κ1) is 28.2. The number of carbonyl (C=O) groups excluding carboxylic acids is 3. The van der Waals surface area contributed by atoms with Gasteiger partial charge in [0.2, 0.25) is 0 Å². The number of rotatable bonds is 3. The molecule has 3 fully saturated rings. The fourth-order valence-corrected chi connectivity index (χ4v) is 4.01. The van der Waals surface area contributed by atoms with Crippen molar-refractivity contribution in [2.24, 2.45) is 17.8 Å². The molecule has 0 aliphatic heterocycles. The topological polar surface area (TPSA) is 120 Å². The van der Waals surface area contributed by atoms with Crippen LogP contribution in [0.1, 0.15) is 96.3 Å². The van der Waals surface area contributed by atoms with Crippen molar-refractivity contribution in [1.82, 2.24) is 0 Å². The average molecular weight is 515 g/mol. The van der Waals surface area contributed by atoms with Crippen LogP contribution in [-0.2, 0) is 14.4 Å². The fourth-order valence-electron chi connectivity index (χ4n) is 4.01. The van der Waals surface area contributed by atoms with Crippen LogP contribution in [-0.4, -0.2) is 40.4 Å². The van der Waals surface area contributed by atoms with Crippen molar-refractivity contribution >= 4 is 40.4 Å². The van der Waals surface area contributed by atoms with Gasteiger partial charge >= 0.3 is 27.5 Å². The fraction of sp³-hybridized carbons (Fsp3) is 0.864. The van der Waals surface area contributed by atoms with Crippen molar-refractivity contribution < 1.29 is 29.7 Å². The summed E-state index contributed by atoms with van der Waals surface area (Å²) in [7, 11) is 0. The van der Waals surface area contributed by atoms with E-state index in [0.29, 0.717) is 0 Å². The third-order valence-corrected chi connectivity index (χ3v) is 5.82. The molecule has 164 valence electrons. The van der Waals surface area contributed by atoms with Crippen LogP contribution >= 0.6 is 0 Å². The number of hydrogen-bond donors (Lipinski definition) is 0. The zero-order chi connectivity index (χ0) is 22.1. The summed E-state index contributed by atoms with van der Waals surface area (Å²) in [4.78, 5) is 32.8. The van der Waals surface area contributed by atoms with E-state index < -0.39 is 17.9 Å². The number of carboxylic acids is 3. The molecule has 3 rings (SSSR count). The molecule has 3 aliphatic carbocycles. The van der Waals surface area contributed by atoms with Crippen LogP contribution in [0.25, 0.3) is 0 Å². The second-order valence-corrected chi connectivity index (χ2v) is 7.96. The van der Waals surface area contributed by atoms with Crippen molar-refractivity contribution in [3.05, 3.63) is 0 Å². The molecule has 0 spiro atoms. The van der Waals surface area contributed by atoms with E-state index >= 15 is 0 Å². The molecular formula is C22H36O6Sn. The second kappa shape index (κ2) is 18.0. The molecule has 0 bridgehead atoms. The molecule has 0 radical (unpaired) electrons. The molecule has 3 aliphatic rings. The van der Waals surface area contributed by atoms with Gasteiger partial charge in [-0.15, -0.1) is 0 Å². The van der Waals surface area contributed by atoms with Crippen molar-refractivity contribution in [3.63, 3.8) is 0 Å². The van der Waals surface area contributed by atoms with Crippen LogP contribution in [0.2, 0.25) is 4.94 Å². The van der Waals surface area contributed by atoms with Gasteiger partial charge in [0, 0.05) is 17.9 Å². The van der Waals surface area contributed by atoms with E-state index in [9.17, 15) is 29.7 Å². The molecule has 0 amide bonds. The third-order valence-electron chi connectivity index (χ3n) is 5.82. The molecule has 3 saturated carbocycles. The first-order valence-electron chi connectivity index (χ1n) is 11.0. The zero-order valence-corrected chi connectivity index (χ0v) is 20.6. The molecule has 7 heteroatoms. The quantitative estimate of drug-likeness (QED) is 0.521. The van der Waals surface area contributed by atoms with Gasteiger partial charge in [-0.1, -0.05) is 57.8 Å². The Balaban J connectivity index is 0.000000388. The molecule has 0 saturated heterocycles. The van der Waals surface area contributed by atoms with E-state index in [1.165, 1.54) is 19.3 Å². The van der Waals surface area contributed by atoms with Crippen molar-refractivity contribution in [3.8, 4) is 0 Å². The van der Waals surface area contributed by atoms with Gasteiger partial charge in [0.05, 0.1) is 0 Å². The SMILES string of the molecule is O=C([O-])C1CCCCC1.O=C([O-])C1CCCCC1.O=C([O-])C1CCCCC1.[CH3][Sn+3]. The molecule has 0 aromatic carbocycles. The summed E-state index contributed by atoms with van der Waals surface area (Å²) in [5, 5.41) is 30.7. The van der Waals surface area contributed by atoms with E-state index in [1.54, 1.807) is 22.5 Å². The Morgan fingerprint density at radius 1 is 0.483 bits per heavy atom. The maximum absolute atomic E-state index is 10.2. The molecule has 0 aromatic heterocycles. The monoisotopic (exact) mass is 516 g/mol. The summed E-state index contributed by atoms with van der Waals surface area (Å²) in [6.07, 6.45) is 15.0. The summed E-state index contributed by atoms with van der Waals surface area (Å²) in [6.45, 7) is 0. The molecule has 6 nitrogen and oxygen atoms in total. The minimum atomic E-state index is -0.852. The summed E-state index contributed by atoms with van der Waals surface area (Å²) >= 11 is 1.55. The zero-order valence-electron chi connectivity index (χ0n) is 17.8. The van der Waals surface area contributed by atoms with Crippen LogP contribution in [0.4, 0.5) is 0 Å². The average Bonchev–Trinajstić information content (AvgIpc) is 2.78. The minimum absolute atomic E-state index is 0.140. The molecular weight excluding hydrogens is 479 g/mol. The normalized spacial score (nSPS) is 20.5. The van der Waals surface area contributed by atoms with Crippen molar-refractivity contribution in [2.45, 2.75) is 101 Å².